The molecular formula is C17H20ClN3O4. The molecule has 0 bridgehead atoms. The van der Waals surface area contributed by atoms with E-state index in [0.29, 0.717) is 48.7 Å². The summed E-state index contributed by atoms with van der Waals surface area (Å²) in [5, 5.41) is 12.4. The number of piperidine rings is 1. The monoisotopic (exact) mass is 365 g/mol. The molecule has 3 rings (SSSR count). The molecule has 1 aromatic carbocycles. The van der Waals surface area contributed by atoms with Crippen LogP contribution in [-0.4, -0.2) is 53.6 Å². The van der Waals surface area contributed by atoms with Crippen molar-refractivity contribution < 1.29 is 19.5 Å². The van der Waals surface area contributed by atoms with Gasteiger partial charge in [-0.05, 0) is 38.0 Å². The Kier molecular flexibility index (Phi) is 4.85. The highest BCUT2D eigenvalue weighted by Gasteiger charge is 2.36. The number of carboxylic acid groups (broad SMARTS) is 1. The predicted octanol–water partition coefficient (Wildman–Crippen LogP) is 2.19. The lowest BCUT2D eigenvalue weighted by molar-refractivity contribution is -0.144. The molecule has 2 aliphatic rings. The fraction of sp³-hybridized carbons (Fsp3) is 0.471. The topological polar surface area (TPSA) is 89.9 Å². The molecule has 2 atom stereocenters. The number of nitrogens with one attached hydrogen (secondary N) is 1. The number of hydrogen-bond acceptors (Lipinski definition) is 3. The van der Waals surface area contributed by atoms with Gasteiger partial charge in [0.1, 0.15) is 0 Å². The number of urea groups is 1. The zero-order valence-electron chi connectivity index (χ0n) is 13.9. The second-order valence-corrected chi connectivity index (χ2v) is 6.78. The Morgan fingerprint density at radius 1 is 1.32 bits per heavy atom. The van der Waals surface area contributed by atoms with Crippen LogP contribution < -0.4 is 10.2 Å². The summed E-state index contributed by atoms with van der Waals surface area (Å²) >= 11 is 6.20. The maximum absolute atomic E-state index is 12.9. The molecule has 0 aliphatic carbocycles. The summed E-state index contributed by atoms with van der Waals surface area (Å²) < 4.78 is 0. The molecule has 3 amide bonds. The van der Waals surface area contributed by atoms with Crippen LogP contribution in [0.1, 0.15) is 30.1 Å². The normalized spacial score (nSPS) is 23.5. The second kappa shape index (κ2) is 6.92. The Morgan fingerprint density at radius 2 is 2.08 bits per heavy atom. The molecule has 8 heteroatoms. The lowest BCUT2D eigenvalue weighted by atomic mass is 9.90. The first-order valence-corrected chi connectivity index (χ1v) is 8.66. The Balaban J connectivity index is 1.87. The molecule has 134 valence electrons. The average Bonchev–Trinajstić information content (AvgIpc) is 3.00. The summed E-state index contributed by atoms with van der Waals surface area (Å²) in [7, 11) is 0. The zero-order valence-corrected chi connectivity index (χ0v) is 14.6. The van der Waals surface area contributed by atoms with Gasteiger partial charge in [-0.25, -0.2) is 4.79 Å². The number of hydrogen-bond donors (Lipinski definition) is 2. The van der Waals surface area contributed by atoms with Crippen LogP contribution in [0.3, 0.4) is 0 Å². The van der Waals surface area contributed by atoms with Gasteiger partial charge in [-0.3, -0.25) is 14.5 Å². The summed E-state index contributed by atoms with van der Waals surface area (Å²) in [5.74, 6) is -1.68. The first-order chi connectivity index (χ1) is 11.9. The van der Waals surface area contributed by atoms with Crippen LogP contribution in [-0.2, 0) is 4.79 Å². The molecule has 0 radical (unpaired) electrons. The highest BCUT2D eigenvalue weighted by molar-refractivity contribution is 6.34. The van der Waals surface area contributed by atoms with Crippen molar-refractivity contribution >= 4 is 35.2 Å². The van der Waals surface area contributed by atoms with Gasteiger partial charge in [0.05, 0.1) is 16.6 Å². The van der Waals surface area contributed by atoms with Gasteiger partial charge >= 0.3 is 12.0 Å². The van der Waals surface area contributed by atoms with Gasteiger partial charge in [-0.2, -0.15) is 0 Å². The van der Waals surface area contributed by atoms with Gasteiger partial charge in [0, 0.05) is 31.2 Å². The number of rotatable bonds is 3. The smallest absolute Gasteiger partial charge is 0.322 e. The number of benzene rings is 1. The molecule has 7 nitrogen and oxygen atoms in total. The molecule has 2 saturated heterocycles. The number of aliphatic carboxylic acids is 1. The van der Waals surface area contributed by atoms with E-state index in [1.165, 1.54) is 4.90 Å². The van der Waals surface area contributed by atoms with E-state index in [1.807, 2.05) is 0 Å². The molecule has 2 heterocycles. The molecule has 2 N–H and O–H groups in total. The highest BCUT2D eigenvalue weighted by Crippen LogP contribution is 2.30. The van der Waals surface area contributed by atoms with Gasteiger partial charge in [0.15, 0.2) is 0 Å². The van der Waals surface area contributed by atoms with E-state index in [0.717, 1.165) is 0 Å². The predicted molar refractivity (Wildman–Crippen MR) is 93.1 cm³/mol. The van der Waals surface area contributed by atoms with Crippen molar-refractivity contribution in [2.45, 2.75) is 25.8 Å². The minimum Gasteiger partial charge on any atom is -0.481 e. The van der Waals surface area contributed by atoms with Crippen LogP contribution >= 0.6 is 11.6 Å². The third-order valence-electron chi connectivity index (χ3n) is 4.91. The van der Waals surface area contributed by atoms with Gasteiger partial charge in [0.25, 0.3) is 5.91 Å². The summed E-state index contributed by atoms with van der Waals surface area (Å²) in [5.41, 5.74) is 0.888. The van der Waals surface area contributed by atoms with Crippen LogP contribution in [0.5, 0.6) is 0 Å². The maximum Gasteiger partial charge on any atom is 0.322 e. The fourth-order valence-electron chi connectivity index (χ4n) is 3.48. The van der Waals surface area contributed by atoms with E-state index < -0.39 is 11.9 Å². The van der Waals surface area contributed by atoms with Gasteiger partial charge in [-0.1, -0.05) is 11.6 Å². The van der Waals surface area contributed by atoms with Crippen LogP contribution in [0.4, 0.5) is 10.5 Å². The average molecular weight is 366 g/mol. The van der Waals surface area contributed by atoms with Crippen molar-refractivity contribution in [3.63, 3.8) is 0 Å². The molecule has 1 aromatic rings. The standard InChI is InChI=1S/C17H20ClN3O4/c1-10-12(16(23)24)3-2-7-20(10)15(22)11-4-5-13(18)14(9-11)21-8-6-19-17(21)25/h4-5,9-10,12H,2-3,6-8H2,1H3,(H,19,25)(H,23,24)/t10-,12-/m1/s1. The summed E-state index contributed by atoms with van der Waals surface area (Å²) in [6, 6.07) is 4.18. The van der Waals surface area contributed by atoms with Crippen LogP contribution in [0, 0.1) is 5.92 Å². The Hall–Kier alpha value is -2.28. The third-order valence-corrected chi connectivity index (χ3v) is 5.23. The van der Waals surface area contributed by atoms with Crippen LogP contribution in [0.25, 0.3) is 0 Å². The molecule has 0 unspecified atom stereocenters. The lowest BCUT2D eigenvalue weighted by Crippen LogP contribution is -2.49. The van der Waals surface area contributed by atoms with Crippen molar-refractivity contribution in [2.24, 2.45) is 5.92 Å². The number of carbonyl (C=O) groups is 3. The minimum atomic E-state index is -0.879. The van der Waals surface area contributed by atoms with Crippen molar-refractivity contribution in [1.82, 2.24) is 10.2 Å². The summed E-state index contributed by atoms with van der Waals surface area (Å²) in [4.78, 5) is 39.3. The van der Waals surface area contributed by atoms with Crippen LogP contribution in [0.15, 0.2) is 18.2 Å². The molecule has 2 aliphatic heterocycles. The third kappa shape index (κ3) is 3.28. The van der Waals surface area contributed by atoms with E-state index >= 15 is 0 Å². The number of carboxylic acids is 1. The number of anilines is 1. The van der Waals surface area contributed by atoms with E-state index in [1.54, 1.807) is 30.0 Å². The highest BCUT2D eigenvalue weighted by atomic mass is 35.5. The van der Waals surface area contributed by atoms with E-state index in [4.69, 9.17) is 11.6 Å². The molecule has 0 saturated carbocycles. The van der Waals surface area contributed by atoms with Crippen molar-refractivity contribution in [3.05, 3.63) is 28.8 Å². The molecule has 2 fully saturated rings. The lowest BCUT2D eigenvalue weighted by Gasteiger charge is -2.37. The zero-order chi connectivity index (χ0) is 18.1. The molecular weight excluding hydrogens is 346 g/mol. The number of nitrogens with zero attached hydrogens (tertiary/aromatic N) is 2. The largest absolute Gasteiger partial charge is 0.481 e. The van der Waals surface area contributed by atoms with E-state index in [-0.39, 0.29) is 18.0 Å². The minimum absolute atomic E-state index is 0.240. The summed E-state index contributed by atoms with van der Waals surface area (Å²) in [6.07, 6.45) is 1.22. The van der Waals surface area contributed by atoms with Crippen LogP contribution in [0.2, 0.25) is 5.02 Å². The van der Waals surface area contributed by atoms with Crippen molar-refractivity contribution in [2.75, 3.05) is 24.5 Å². The van der Waals surface area contributed by atoms with Crippen molar-refractivity contribution in [1.29, 1.82) is 0 Å². The number of amides is 3. The Bertz CT molecular complexity index is 724. The number of likely N-dealkylation sites (tertiary alicyclic amines) is 1. The molecule has 0 aromatic heterocycles. The number of halogens is 1. The fourth-order valence-corrected chi connectivity index (χ4v) is 3.70. The molecule has 0 spiro atoms. The second-order valence-electron chi connectivity index (χ2n) is 6.38. The summed E-state index contributed by atoms with van der Waals surface area (Å²) in [6.45, 7) is 3.29. The van der Waals surface area contributed by atoms with E-state index in [2.05, 4.69) is 5.32 Å². The Labute approximate surface area is 150 Å². The first kappa shape index (κ1) is 17.5. The van der Waals surface area contributed by atoms with Gasteiger partial charge in [0.2, 0.25) is 0 Å². The molecule has 25 heavy (non-hydrogen) atoms. The number of carbonyl (C=O) groups excluding carboxylic acids is 2. The van der Waals surface area contributed by atoms with Gasteiger partial charge in [-0.15, -0.1) is 0 Å². The van der Waals surface area contributed by atoms with Crippen molar-refractivity contribution in [3.8, 4) is 0 Å². The Morgan fingerprint density at radius 3 is 2.72 bits per heavy atom. The quantitative estimate of drug-likeness (QED) is 0.859. The van der Waals surface area contributed by atoms with E-state index in [9.17, 15) is 19.5 Å². The SMILES string of the molecule is C[C@@H]1[C@H](C(=O)O)CCCN1C(=O)c1ccc(Cl)c(N2CCNC2=O)c1. The van der Waals surface area contributed by atoms with Gasteiger partial charge < -0.3 is 15.3 Å². The maximum atomic E-state index is 12.9. The first-order valence-electron chi connectivity index (χ1n) is 8.29.